The van der Waals surface area contributed by atoms with E-state index in [4.69, 9.17) is 0 Å². The molecule has 3 rings (SSSR count). The first-order valence-corrected chi connectivity index (χ1v) is 6.90. The molecule has 0 aliphatic carbocycles. The zero-order chi connectivity index (χ0) is 15.9. The molecule has 0 radical (unpaired) electrons. The van der Waals surface area contributed by atoms with Gasteiger partial charge in [0.25, 0.3) is 5.91 Å². The highest BCUT2D eigenvalue weighted by Gasteiger charge is 2.32. The van der Waals surface area contributed by atoms with Gasteiger partial charge in [-0.15, -0.1) is 0 Å². The van der Waals surface area contributed by atoms with Gasteiger partial charge in [0.05, 0.1) is 0 Å². The minimum atomic E-state index is -0.308. The lowest BCUT2D eigenvalue weighted by Crippen LogP contribution is -2.32. The van der Waals surface area contributed by atoms with Crippen LogP contribution in [0.15, 0.2) is 30.8 Å². The first-order valence-electron chi connectivity index (χ1n) is 6.90. The molecular weight excluding hydrogens is 280 g/mol. The minimum Gasteiger partial charge on any atom is -0.307 e. The van der Waals surface area contributed by atoms with Crippen LogP contribution in [0.4, 0.5) is 5.82 Å². The fraction of sp³-hybridized carbons (Fsp3) is 0.188. The van der Waals surface area contributed by atoms with Gasteiger partial charge in [-0.1, -0.05) is 24.8 Å². The number of anilines is 1. The predicted molar refractivity (Wildman–Crippen MR) is 83.2 cm³/mol. The van der Waals surface area contributed by atoms with Crippen molar-refractivity contribution in [3.63, 3.8) is 0 Å². The summed E-state index contributed by atoms with van der Waals surface area (Å²) in [7, 11) is 0. The van der Waals surface area contributed by atoms with E-state index in [1.165, 1.54) is 4.90 Å². The molecule has 0 atom stereocenters. The Bertz CT molecular complexity index is 756. The van der Waals surface area contributed by atoms with Crippen molar-refractivity contribution in [3.8, 4) is 0 Å². The van der Waals surface area contributed by atoms with E-state index in [-0.39, 0.29) is 18.4 Å². The van der Waals surface area contributed by atoms with Gasteiger partial charge in [0.2, 0.25) is 5.91 Å². The summed E-state index contributed by atoms with van der Waals surface area (Å²) < 4.78 is 0. The van der Waals surface area contributed by atoms with Crippen molar-refractivity contribution in [2.75, 3.05) is 11.9 Å². The lowest BCUT2D eigenvalue weighted by Gasteiger charge is -2.16. The van der Waals surface area contributed by atoms with Crippen LogP contribution < -0.4 is 5.32 Å². The van der Waals surface area contributed by atoms with Crippen LogP contribution >= 0.6 is 0 Å². The Kier molecular flexibility index (Phi) is 3.29. The molecule has 0 fully saturated rings. The topological polar surface area (TPSA) is 78.1 Å². The molecule has 0 spiro atoms. The maximum absolute atomic E-state index is 12.3. The molecular formula is C16H16N4O2. The number of aromatic nitrogens is 2. The first kappa shape index (κ1) is 14.1. The molecule has 1 aromatic heterocycles. The van der Waals surface area contributed by atoms with Crippen LogP contribution in [0.1, 0.15) is 27.2 Å². The maximum atomic E-state index is 12.3. The summed E-state index contributed by atoms with van der Waals surface area (Å²) in [5.41, 5.74) is 3.66. The molecule has 0 saturated heterocycles. The van der Waals surface area contributed by atoms with Gasteiger partial charge < -0.3 is 5.32 Å². The van der Waals surface area contributed by atoms with Gasteiger partial charge >= 0.3 is 0 Å². The van der Waals surface area contributed by atoms with E-state index < -0.39 is 0 Å². The van der Waals surface area contributed by atoms with Crippen LogP contribution in [0.2, 0.25) is 0 Å². The van der Waals surface area contributed by atoms with Crippen LogP contribution in [0.5, 0.6) is 0 Å². The monoisotopic (exact) mass is 296 g/mol. The van der Waals surface area contributed by atoms with Crippen molar-refractivity contribution in [3.05, 3.63) is 53.2 Å². The highest BCUT2D eigenvalue weighted by molar-refractivity contribution is 6.11. The largest absolute Gasteiger partial charge is 0.307 e. The molecule has 6 heteroatoms. The molecule has 2 heterocycles. The predicted octanol–water partition coefficient (Wildman–Crippen LogP) is 2.09. The average Bonchev–Trinajstić information content (AvgIpc) is 2.94. The Morgan fingerprint density at radius 3 is 2.59 bits per heavy atom. The third-order valence-corrected chi connectivity index (χ3v) is 3.85. The summed E-state index contributed by atoms with van der Waals surface area (Å²) in [6.45, 7) is 7.57. The molecule has 0 unspecified atom stereocenters. The van der Waals surface area contributed by atoms with Crippen LogP contribution in [0, 0.1) is 13.8 Å². The molecule has 2 amide bonds. The summed E-state index contributed by atoms with van der Waals surface area (Å²) in [5, 5.41) is 9.54. The van der Waals surface area contributed by atoms with E-state index >= 15 is 0 Å². The number of nitrogens with zero attached hydrogens (tertiary/aromatic N) is 2. The Morgan fingerprint density at radius 1 is 1.32 bits per heavy atom. The number of amides is 2. The number of carbonyl (C=O) groups is 2. The second kappa shape index (κ2) is 5.14. The van der Waals surface area contributed by atoms with Gasteiger partial charge in [0.1, 0.15) is 6.54 Å². The Morgan fingerprint density at radius 2 is 2.00 bits per heavy atom. The number of nitrogens with one attached hydrogen (secondary N) is 2. The highest BCUT2D eigenvalue weighted by Crippen LogP contribution is 2.30. The van der Waals surface area contributed by atoms with Gasteiger partial charge in [-0.2, -0.15) is 5.10 Å². The summed E-state index contributed by atoms with van der Waals surface area (Å²) in [5.74, 6) is -0.0279. The van der Waals surface area contributed by atoms with Crippen molar-refractivity contribution in [2.45, 2.75) is 13.8 Å². The summed E-state index contributed by atoms with van der Waals surface area (Å²) in [6, 6.07) is 7.21. The number of carbonyl (C=O) groups excluding carboxylic acids is 2. The summed E-state index contributed by atoms with van der Waals surface area (Å²) in [6.07, 6.45) is 0. The fourth-order valence-corrected chi connectivity index (χ4v) is 2.42. The molecule has 1 aliphatic rings. The Labute approximate surface area is 127 Å². The fourth-order valence-electron chi connectivity index (χ4n) is 2.42. The van der Waals surface area contributed by atoms with Gasteiger partial charge in [-0.3, -0.25) is 19.6 Å². The molecule has 22 heavy (non-hydrogen) atoms. The number of H-pyrrole nitrogens is 1. The van der Waals surface area contributed by atoms with Crippen LogP contribution in [-0.4, -0.2) is 33.5 Å². The second-order valence-electron chi connectivity index (χ2n) is 5.25. The smallest absolute Gasteiger partial charge is 0.259 e. The van der Waals surface area contributed by atoms with Crippen molar-refractivity contribution in [2.24, 2.45) is 0 Å². The van der Waals surface area contributed by atoms with Crippen molar-refractivity contribution in [1.29, 1.82) is 0 Å². The van der Waals surface area contributed by atoms with Crippen molar-refractivity contribution < 1.29 is 9.59 Å². The third-order valence-electron chi connectivity index (χ3n) is 3.85. The van der Waals surface area contributed by atoms with E-state index in [2.05, 4.69) is 22.1 Å². The number of aryl methyl sites for hydroxylation is 1. The molecule has 1 aromatic carbocycles. The van der Waals surface area contributed by atoms with E-state index in [1.54, 1.807) is 12.1 Å². The zero-order valence-electron chi connectivity index (χ0n) is 12.4. The molecule has 0 saturated carbocycles. The zero-order valence-corrected chi connectivity index (χ0v) is 12.4. The lowest BCUT2D eigenvalue weighted by atomic mass is 10.1. The molecule has 0 bridgehead atoms. The number of rotatable bonds is 3. The highest BCUT2D eigenvalue weighted by atomic mass is 16.2. The molecule has 2 N–H and O–H groups in total. The van der Waals surface area contributed by atoms with Gasteiger partial charge in [0.15, 0.2) is 5.82 Å². The standard InChI is InChI=1S/C16H16N4O2/c1-9-10(2)18-19-15(9)17-14(21)8-20-11(3)12-6-4-5-7-13(12)16(20)22/h4-7H,3,8H2,1-2H3,(H2,17,18,19,21). The normalized spacial score (nSPS) is 13.5. The second-order valence-corrected chi connectivity index (χ2v) is 5.25. The van der Waals surface area contributed by atoms with E-state index in [1.807, 2.05) is 26.0 Å². The summed E-state index contributed by atoms with van der Waals surface area (Å²) in [4.78, 5) is 25.9. The van der Waals surface area contributed by atoms with Crippen LogP contribution in [0.3, 0.4) is 0 Å². The third kappa shape index (κ3) is 2.18. The Hall–Kier alpha value is -2.89. The van der Waals surface area contributed by atoms with E-state index in [0.717, 1.165) is 16.8 Å². The molecule has 1 aliphatic heterocycles. The first-order chi connectivity index (χ1) is 10.5. The quantitative estimate of drug-likeness (QED) is 0.910. The number of aromatic amines is 1. The SMILES string of the molecule is C=C1c2ccccc2C(=O)N1CC(=O)Nc1n[nH]c(C)c1C. The molecule has 6 nitrogen and oxygen atoms in total. The van der Waals surface area contributed by atoms with Crippen LogP contribution in [-0.2, 0) is 4.79 Å². The summed E-state index contributed by atoms with van der Waals surface area (Å²) >= 11 is 0. The molecule has 112 valence electrons. The van der Waals surface area contributed by atoms with Crippen LogP contribution in [0.25, 0.3) is 5.70 Å². The van der Waals surface area contributed by atoms with Gasteiger partial charge in [-0.05, 0) is 19.9 Å². The Balaban J connectivity index is 1.74. The number of hydrogen-bond acceptors (Lipinski definition) is 3. The average molecular weight is 296 g/mol. The van der Waals surface area contributed by atoms with E-state index in [0.29, 0.717) is 17.1 Å². The van der Waals surface area contributed by atoms with Crippen molar-refractivity contribution in [1.82, 2.24) is 15.1 Å². The number of fused-ring (bicyclic) bond motifs is 1. The minimum absolute atomic E-state index is 0.0856. The number of hydrogen-bond donors (Lipinski definition) is 2. The maximum Gasteiger partial charge on any atom is 0.259 e. The van der Waals surface area contributed by atoms with Crippen molar-refractivity contribution >= 4 is 23.3 Å². The van der Waals surface area contributed by atoms with Gasteiger partial charge in [0, 0.05) is 28.1 Å². The lowest BCUT2D eigenvalue weighted by molar-refractivity contribution is -0.116. The van der Waals surface area contributed by atoms with Gasteiger partial charge in [-0.25, -0.2) is 0 Å². The molecule has 2 aromatic rings. The van der Waals surface area contributed by atoms with E-state index in [9.17, 15) is 9.59 Å². The number of benzene rings is 1.